The summed E-state index contributed by atoms with van der Waals surface area (Å²) < 4.78 is 54.9. The molecule has 1 N–H and O–H groups in total. The van der Waals surface area contributed by atoms with Gasteiger partial charge in [0, 0.05) is 0 Å². The highest BCUT2D eigenvalue weighted by Gasteiger charge is 2.13. The van der Waals surface area contributed by atoms with Crippen molar-refractivity contribution in [3.8, 4) is 0 Å². The fraction of sp³-hybridized carbons (Fsp3) is 0.625. The molecule has 0 spiro atoms. The van der Waals surface area contributed by atoms with E-state index in [2.05, 4.69) is 14.5 Å². The van der Waals surface area contributed by atoms with Crippen molar-refractivity contribution in [3.05, 3.63) is 0 Å². The van der Waals surface area contributed by atoms with Crippen LogP contribution in [0.4, 0.5) is 27.2 Å². The fourth-order valence-corrected chi connectivity index (χ4v) is 0.987. The summed E-state index contributed by atoms with van der Waals surface area (Å²) in [6.07, 6.45) is -6.89. The number of hydrogen-bond donors (Lipinski definition) is 1. The van der Waals surface area contributed by atoms with Gasteiger partial charge in [0.25, 0.3) is 12.9 Å². The first kappa shape index (κ1) is 17.5. The molecule has 0 saturated carbocycles. The van der Waals surface area contributed by atoms with E-state index in [1.165, 1.54) is 6.26 Å². The van der Waals surface area contributed by atoms with Crippen LogP contribution in [0.25, 0.3) is 0 Å². The molecule has 0 aliphatic rings. The Kier molecular flexibility index (Phi) is 8.66. The number of nitrogens with one attached hydrogen (secondary N) is 1. The number of alkyl carbamates (subject to hydrolysis) is 1. The summed E-state index contributed by atoms with van der Waals surface area (Å²) >= 11 is 0.757. The highest BCUT2D eigenvalue weighted by molar-refractivity contribution is 8.13. The molecule has 0 aromatic heterocycles. The van der Waals surface area contributed by atoms with E-state index >= 15 is 0 Å². The third-order valence-corrected chi connectivity index (χ3v) is 1.85. The predicted molar refractivity (Wildman–Crippen MR) is 58.8 cm³/mol. The van der Waals surface area contributed by atoms with Crippen LogP contribution in [0.1, 0.15) is 0 Å². The van der Waals surface area contributed by atoms with Crippen molar-refractivity contribution in [3.63, 3.8) is 0 Å². The zero-order valence-electron chi connectivity index (χ0n) is 9.57. The molecular formula is C8H10F4N2O4S. The Morgan fingerprint density at radius 2 is 1.68 bits per heavy atom. The van der Waals surface area contributed by atoms with Crippen molar-refractivity contribution < 1.29 is 36.6 Å². The molecule has 0 fully saturated rings. The lowest BCUT2D eigenvalue weighted by Gasteiger charge is -2.07. The molecule has 19 heavy (non-hydrogen) atoms. The number of amides is 2. The molecule has 11 heteroatoms. The van der Waals surface area contributed by atoms with E-state index in [1.807, 2.05) is 5.32 Å². The Morgan fingerprint density at radius 3 is 2.16 bits per heavy atom. The van der Waals surface area contributed by atoms with Crippen LogP contribution in [0.3, 0.4) is 0 Å². The Hall–Kier alpha value is -1.52. The Labute approximate surface area is 109 Å². The summed E-state index contributed by atoms with van der Waals surface area (Å²) in [5.41, 5.74) is 0. The summed E-state index contributed by atoms with van der Waals surface area (Å²) in [5, 5.41) is 1.54. The van der Waals surface area contributed by atoms with Gasteiger partial charge in [-0.1, -0.05) is 11.8 Å². The van der Waals surface area contributed by atoms with Gasteiger partial charge in [-0.15, -0.1) is 0 Å². The summed E-state index contributed by atoms with van der Waals surface area (Å²) in [5.74, 6) is 0. The van der Waals surface area contributed by atoms with Crippen LogP contribution in [0.15, 0.2) is 4.99 Å². The molecule has 0 aliphatic carbocycles. The standard InChI is InChI=1S/C8H10F4N2O4S/c1-19-6(13-7(15)17-2-4(9)10)14-8(16)18-3-5(11)12/h4-5H,2-3H2,1H3,(H,13,14,15,16). The predicted octanol–water partition coefficient (Wildman–Crippen LogP) is 2.10. The number of thioether (sulfide) groups is 1. The van der Waals surface area contributed by atoms with Gasteiger partial charge in [-0.2, -0.15) is 4.99 Å². The molecule has 110 valence electrons. The second-order valence-corrected chi connectivity index (χ2v) is 3.50. The van der Waals surface area contributed by atoms with Gasteiger partial charge in [-0.05, 0) is 6.26 Å². The Morgan fingerprint density at radius 1 is 1.16 bits per heavy atom. The zero-order chi connectivity index (χ0) is 14.8. The summed E-state index contributed by atoms with van der Waals surface area (Å²) in [4.78, 5) is 24.9. The molecule has 2 amide bonds. The van der Waals surface area contributed by atoms with E-state index in [9.17, 15) is 27.2 Å². The first-order chi connectivity index (χ1) is 8.85. The van der Waals surface area contributed by atoms with Gasteiger partial charge >= 0.3 is 12.2 Å². The second kappa shape index (κ2) is 9.42. The molecule has 0 aromatic rings. The molecule has 0 radical (unpaired) electrons. The number of carbonyl (C=O) groups is 2. The fourth-order valence-electron chi connectivity index (χ4n) is 0.636. The van der Waals surface area contributed by atoms with Crippen molar-refractivity contribution in [1.82, 2.24) is 5.32 Å². The molecule has 0 aliphatic heterocycles. The van der Waals surface area contributed by atoms with Gasteiger partial charge in [-0.3, -0.25) is 5.32 Å². The topological polar surface area (TPSA) is 77.0 Å². The number of halogens is 4. The number of rotatable bonds is 4. The molecule has 6 nitrogen and oxygen atoms in total. The Bertz CT molecular complexity index is 341. The van der Waals surface area contributed by atoms with Crippen molar-refractivity contribution in [2.45, 2.75) is 12.9 Å². The van der Waals surface area contributed by atoms with Gasteiger partial charge in [0.2, 0.25) is 0 Å². The lowest BCUT2D eigenvalue weighted by molar-refractivity contribution is 0.0506. The third kappa shape index (κ3) is 10.1. The van der Waals surface area contributed by atoms with E-state index in [4.69, 9.17) is 0 Å². The van der Waals surface area contributed by atoms with Crippen molar-refractivity contribution >= 4 is 29.1 Å². The molecule has 0 atom stereocenters. The SMILES string of the molecule is CSC(=NC(=O)OCC(F)F)NC(=O)OCC(F)F. The number of aliphatic imine (C=N–C) groups is 1. The molecule has 0 bridgehead atoms. The molecule has 0 rings (SSSR count). The number of hydrogen-bond acceptors (Lipinski definition) is 5. The quantitative estimate of drug-likeness (QED) is 0.489. The van der Waals surface area contributed by atoms with Crippen molar-refractivity contribution in [2.75, 3.05) is 19.5 Å². The van der Waals surface area contributed by atoms with Crippen LogP contribution in [0, 0.1) is 0 Å². The highest BCUT2D eigenvalue weighted by atomic mass is 32.2. The van der Waals surface area contributed by atoms with Crippen molar-refractivity contribution in [2.24, 2.45) is 4.99 Å². The lowest BCUT2D eigenvalue weighted by Crippen LogP contribution is -2.31. The third-order valence-electron chi connectivity index (χ3n) is 1.27. The molecule has 0 saturated heterocycles. The molecule has 0 aromatic carbocycles. The maximum atomic E-state index is 11.7. The Balaban J connectivity index is 4.24. The van der Waals surface area contributed by atoms with Gasteiger partial charge in [0.1, 0.15) is 0 Å². The number of carbonyl (C=O) groups excluding carboxylic acids is 2. The smallest absolute Gasteiger partial charge is 0.436 e. The summed E-state index contributed by atoms with van der Waals surface area (Å²) in [6, 6.07) is 0. The van der Waals surface area contributed by atoms with E-state index in [-0.39, 0.29) is 5.17 Å². The minimum absolute atomic E-state index is 0.335. The van der Waals surface area contributed by atoms with Gasteiger partial charge in [-0.25, -0.2) is 27.2 Å². The van der Waals surface area contributed by atoms with E-state index in [0.29, 0.717) is 0 Å². The number of amidine groups is 1. The normalized spacial score (nSPS) is 11.6. The van der Waals surface area contributed by atoms with Crippen LogP contribution in [-0.4, -0.2) is 49.7 Å². The van der Waals surface area contributed by atoms with Crippen LogP contribution < -0.4 is 5.32 Å². The monoisotopic (exact) mass is 306 g/mol. The largest absolute Gasteiger partial charge is 0.443 e. The summed E-state index contributed by atoms with van der Waals surface area (Å²) in [7, 11) is 0. The lowest BCUT2D eigenvalue weighted by atomic mass is 10.8. The van der Waals surface area contributed by atoms with E-state index < -0.39 is 38.3 Å². The van der Waals surface area contributed by atoms with Gasteiger partial charge in [0.05, 0.1) is 0 Å². The van der Waals surface area contributed by atoms with E-state index in [0.717, 1.165) is 11.8 Å². The highest BCUT2D eigenvalue weighted by Crippen LogP contribution is 2.00. The average molecular weight is 306 g/mol. The maximum absolute atomic E-state index is 11.7. The zero-order valence-corrected chi connectivity index (χ0v) is 10.4. The van der Waals surface area contributed by atoms with Crippen LogP contribution >= 0.6 is 11.8 Å². The number of alkyl halides is 4. The molecule has 0 heterocycles. The van der Waals surface area contributed by atoms with Gasteiger partial charge < -0.3 is 9.47 Å². The first-order valence-corrected chi connectivity index (χ1v) is 5.87. The second-order valence-electron chi connectivity index (χ2n) is 2.70. The van der Waals surface area contributed by atoms with Crippen LogP contribution in [-0.2, 0) is 9.47 Å². The number of nitrogens with zero attached hydrogens (tertiary/aromatic N) is 1. The van der Waals surface area contributed by atoms with Crippen LogP contribution in [0.2, 0.25) is 0 Å². The molecule has 0 unspecified atom stereocenters. The summed E-state index contributed by atoms with van der Waals surface area (Å²) in [6.45, 7) is -2.26. The first-order valence-electron chi connectivity index (χ1n) is 4.64. The minimum Gasteiger partial charge on any atom is -0.443 e. The van der Waals surface area contributed by atoms with E-state index in [1.54, 1.807) is 0 Å². The number of ether oxygens (including phenoxy) is 2. The maximum Gasteiger partial charge on any atom is 0.436 e. The van der Waals surface area contributed by atoms with Crippen molar-refractivity contribution in [1.29, 1.82) is 0 Å². The van der Waals surface area contributed by atoms with Gasteiger partial charge in [0.15, 0.2) is 18.4 Å². The van der Waals surface area contributed by atoms with Crippen LogP contribution in [0.5, 0.6) is 0 Å². The average Bonchev–Trinajstić information content (AvgIpc) is 2.33. The molecular weight excluding hydrogens is 296 g/mol. The minimum atomic E-state index is -2.85.